The van der Waals surface area contributed by atoms with Crippen LogP contribution in [-0.4, -0.2) is 55.1 Å². The molecule has 0 saturated carbocycles. The van der Waals surface area contributed by atoms with Gasteiger partial charge < -0.3 is 10.2 Å². The van der Waals surface area contributed by atoms with Gasteiger partial charge in [-0.2, -0.15) is 5.26 Å². The van der Waals surface area contributed by atoms with Gasteiger partial charge >= 0.3 is 0 Å². The predicted molar refractivity (Wildman–Crippen MR) is 117 cm³/mol. The van der Waals surface area contributed by atoms with Crippen LogP contribution in [0.2, 0.25) is 5.02 Å². The van der Waals surface area contributed by atoms with E-state index in [-0.39, 0.29) is 5.91 Å². The highest BCUT2D eigenvalue weighted by Gasteiger charge is 2.20. The van der Waals surface area contributed by atoms with Crippen LogP contribution >= 0.6 is 22.9 Å². The molecule has 29 heavy (non-hydrogen) atoms. The number of rotatable bonds is 5. The summed E-state index contributed by atoms with van der Waals surface area (Å²) in [7, 11) is 0. The molecule has 0 bridgehead atoms. The Labute approximate surface area is 178 Å². The van der Waals surface area contributed by atoms with Gasteiger partial charge in [0.2, 0.25) is 0 Å². The number of fused-ring (bicyclic) bond motifs is 1. The first-order valence-electron chi connectivity index (χ1n) is 9.45. The standard InChI is InChI=1S/C21H20ClN5OS/c22-17-2-1-3-18-19(17)25-21(29-18)27-12-10-26(11-13-27)9-8-24-20(28)16-6-4-15(14-23)5-7-16/h1-7H,8-13H2,(H,24,28). The molecular weight excluding hydrogens is 406 g/mol. The van der Waals surface area contributed by atoms with Crippen LogP contribution in [0.1, 0.15) is 15.9 Å². The van der Waals surface area contributed by atoms with Crippen LogP contribution in [0, 0.1) is 11.3 Å². The van der Waals surface area contributed by atoms with Crippen LogP contribution < -0.4 is 10.2 Å². The van der Waals surface area contributed by atoms with Gasteiger partial charge in [0.25, 0.3) is 5.91 Å². The molecule has 1 saturated heterocycles. The van der Waals surface area contributed by atoms with Crippen molar-refractivity contribution < 1.29 is 4.79 Å². The van der Waals surface area contributed by atoms with E-state index in [4.69, 9.17) is 21.8 Å². The minimum absolute atomic E-state index is 0.112. The fourth-order valence-electron chi connectivity index (χ4n) is 3.33. The Balaban J connectivity index is 1.25. The molecule has 0 unspecified atom stereocenters. The molecule has 6 nitrogen and oxygen atoms in total. The zero-order valence-electron chi connectivity index (χ0n) is 15.8. The molecule has 1 amide bonds. The summed E-state index contributed by atoms with van der Waals surface area (Å²) < 4.78 is 1.11. The van der Waals surface area contributed by atoms with E-state index in [1.165, 1.54) is 0 Å². The summed E-state index contributed by atoms with van der Waals surface area (Å²) in [5.74, 6) is -0.112. The third kappa shape index (κ3) is 4.51. The molecule has 2 aromatic carbocycles. The Morgan fingerprint density at radius 2 is 1.93 bits per heavy atom. The molecule has 1 aliphatic heterocycles. The zero-order valence-corrected chi connectivity index (χ0v) is 17.3. The lowest BCUT2D eigenvalue weighted by molar-refractivity contribution is 0.0948. The lowest BCUT2D eigenvalue weighted by Gasteiger charge is -2.34. The molecule has 1 aromatic heterocycles. The fourth-order valence-corrected chi connectivity index (χ4v) is 4.64. The maximum atomic E-state index is 12.2. The monoisotopic (exact) mass is 425 g/mol. The number of hydrogen-bond donors (Lipinski definition) is 1. The van der Waals surface area contributed by atoms with E-state index in [9.17, 15) is 4.79 Å². The number of nitrogens with one attached hydrogen (secondary N) is 1. The molecule has 1 aliphatic rings. The van der Waals surface area contributed by atoms with Crippen LogP contribution in [-0.2, 0) is 0 Å². The number of nitrogens with zero attached hydrogens (tertiary/aromatic N) is 4. The van der Waals surface area contributed by atoms with Gasteiger partial charge in [-0.1, -0.05) is 29.0 Å². The van der Waals surface area contributed by atoms with Gasteiger partial charge in [0, 0.05) is 44.8 Å². The SMILES string of the molecule is N#Cc1ccc(C(=O)NCCN2CCN(c3nc4c(Cl)cccc4s3)CC2)cc1. The molecule has 2 heterocycles. The summed E-state index contributed by atoms with van der Waals surface area (Å²) >= 11 is 7.92. The highest BCUT2D eigenvalue weighted by molar-refractivity contribution is 7.22. The smallest absolute Gasteiger partial charge is 0.251 e. The molecule has 3 aromatic rings. The number of aromatic nitrogens is 1. The maximum absolute atomic E-state index is 12.2. The summed E-state index contributed by atoms with van der Waals surface area (Å²) in [6, 6.07) is 14.6. The van der Waals surface area contributed by atoms with Crippen molar-refractivity contribution >= 4 is 44.2 Å². The van der Waals surface area contributed by atoms with E-state index < -0.39 is 0 Å². The van der Waals surface area contributed by atoms with Gasteiger partial charge in [0.1, 0.15) is 5.52 Å². The Hall–Kier alpha value is -2.66. The number of amides is 1. The quantitative estimate of drug-likeness (QED) is 0.678. The first-order valence-corrected chi connectivity index (χ1v) is 10.6. The summed E-state index contributed by atoms with van der Waals surface area (Å²) in [5.41, 5.74) is 2.00. The number of anilines is 1. The Morgan fingerprint density at radius 1 is 1.17 bits per heavy atom. The number of carbonyl (C=O) groups excluding carboxylic acids is 1. The lowest BCUT2D eigenvalue weighted by atomic mass is 10.1. The molecule has 1 fully saturated rings. The number of hydrogen-bond acceptors (Lipinski definition) is 6. The van der Waals surface area contributed by atoms with Gasteiger partial charge in [-0.15, -0.1) is 0 Å². The van der Waals surface area contributed by atoms with Crippen LogP contribution in [0.25, 0.3) is 10.2 Å². The molecular formula is C21H20ClN5OS. The number of thiazole rings is 1. The second kappa shape index (κ2) is 8.78. The van der Waals surface area contributed by atoms with Gasteiger partial charge in [-0.05, 0) is 36.4 Å². The van der Waals surface area contributed by atoms with Gasteiger partial charge in [0.15, 0.2) is 5.13 Å². The number of para-hydroxylation sites is 1. The molecule has 148 valence electrons. The minimum Gasteiger partial charge on any atom is -0.351 e. The van der Waals surface area contributed by atoms with Crippen LogP contribution in [0.3, 0.4) is 0 Å². The van der Waals surface area contributed by atoms with Crippen molar-refractivity contribution in [2.24, 2.45) is 0 Å². The summed E-state index contributed by atoms with van der Waals surface area (Å²) in [6.07, 6.45) is 0. The minimum atomic E-state index is -0.112. The highest BCUT2D eigenvalue weighted by Crippen LogP contribution is 2.33. The largest absolute Gasteiger partial charge is 0.351 e. The Morgan fingerprint density at radius 3 is 2.62 bits per heavy atom. The van der Waals surface area contributed by atoms with Crippen molar-refractivity contribution in [3.05, 3.63) is 58.6 Å². The van der Waals surface area contributed by atoms with E-state index in [1.54, 1.807) is 35.6 Å². The van der Waals surface area contributed by atoms with Crippen molar-refractivity contribution in [3.63, 3.8) is 0 Å². The fraction of sp³-hybridized carbons (Fsp3) is 0.286. The average molecular weight is 426 g/mol. The number of halogens is 1. The van der Waals surface area contributed by atoms with Crippen LogP contribution in [0.15, 0.2) is 42.5 Å². The van der Waals surface area contributed by atoms with Gasteiger partial charge in [0.05, 0.1) is 21.4 Å². The summed E-state index contributed by atoms with van der Waals surface area (Å²) in [4.78, 5) is 21.5. The van der Waals surface area contributed by atoms with E-state index in [0.717, 1.165) is 48.1 Å². The zero-order chi connectivity index (χ0) is 20.2. The summed E-state index contributed by atoms with van der Waals surface area (Å²) in [6.45, 7) is 5.06. The number of carbonyl (C=O) groups is 1. The molecule has 1 N–H and O–H groups in total. The second-order valence-electron chi connectivity index (χ2n) is 6.86. The number of nitriles is 1. The van der Waals surface area contributed by atoms with Crippen molar-refractivity contribution in [2.75, 3.05) is 44.2 Å². The number of piperazine rings is 1. The molecule has 0 aliphatic carbocycles. The predicted octanol–water partition coefficient (Wildman–Crippen LogP) is 3.37. The van der Waals surface area contributed by atoms with E-state index in [0.29, 0.717) is 22.7 Å². The Bertz CT molecular complexity index is 1050. The first kappa shape index (κ1) is 19.6. The third-order valence-electron chi connectivity index (χ3n) is 4.99. The average Bonchev–Trinajstić information content (AvgIpc) is 3.20. The molecule has 8 heteroatoms. The van der Waals surface area contributed by atoms with Gasteiger partial charge in [-0.3, -0.25) is 9.69 Å². The van der Waals surface area contributed by atoms with Crippen molar-refractivity contribution in [1.29, 1.82) is 5.26 Å². The van der Waals surface area contributed by atoms with Crippen molar-refractivity contribution in [3.8, 4) is 6.07 Å². The van der Waals surface area contributed by atoms with E-state index in [1.807, 2.05) is 12.1 Å². The first-order chi connectivity index (χ1) is 14.1. The third-order valence-corrected chi connectivity index (χ3v) is 6.38. The number of benzene rings is 2. The van der Waals surface area contributed by atoms with Crippen molar-refractivity contribution in [1.82, 2.24) is 15.2 Å². The summed E-state index contributed by atoms with van der Waals surface area (Å²) in [5, 5.41) is 13.5. The molecule has 0 atom stereocenters. The normalized spacial score (nSPS) is 14.7. The topological polar surface area (TPSA) is 72.3 Å². The van der Waals surface area contributed by atoms with E-state index in [2.05, 4.69) is 27.3 Å². The van der Waals surface area contributed by atoms with E-state index >= 15 is 0 Å². The Kier molecular flexibility index (Phi) is 5.95. The lowest BCUT2D eigenvalue weighted by Crippen LogP contribution is -2.48. The van der Waals surface area contributed by atoms with Crippen LogP contribution in [0.5, 0.6) is 0 Å². The molecule has 4 rings (SSSR count). The van der Waals surface area contributed by atoms with Gasteiger partial charge in [-0.25, -0.2) is 4.98 Å². The second-order valence-corrected chi connectivity index (χ2v) is 8.27. The highest BCUT2D eigenvalue weighted by atomic mass is 35.5. The molecule has 0 radical (unpaired) electrons. The van der Waals surface area contributed by atoms with Crippen LogP contribution in [0.4, 0.5) is 5.13 Å². The molecule has 0 spiro atoms. The van der Waals surface area contributed by atoms with Crippen molar-refractivity contribution in [2.45, 2.75) is 0 Å². The maximum Gasteiger partial charge on any atom is 0.251 e.